The smallest absolute Gasteiger partial charge is 0.257 e. The van der Waals surface area contributed by atoms with E-state index in [1.165, 1.54) is 17.0 Å². The quantitative estimate of drug-likeness (QED) is 0.790. The van der Waals surface area contributed by atoms with Gasteiger partial charge in [0.15, 0.2) is 5.13 Å². The van der Waals surface area contributed by atoms with Crippen LogP contribution in [0.3, 0.4) is 0 Å². The number of thiazole rings is 1. The molecule has 1 aromatic carbocycles. The van der Waals surface area contributed by atoms with E-state index in [2.05, 4.69) is 31.1 Å². The summed E-state index contributed by atoms with van der Waals surface area (Å²) in [7, 11) is 0. The van der Waals surface area contributed by atoms with Gasteiger partial charge in [-0.05, 0) is 43.4 Å². The molecular formula is C18H22N2OS2. The molecule has 122 valence electrons. The standard InChI is InChI=1S/C18H22N2OS2/c1-11(2)22-14-6-4-5-13(10-14)17(21)20-18-19-15-8-7-12(3)9-16(15)23-18/h4-6,10-12H,7-9H2,1-3H3,(H,19,20,21)/t12-/m0/s1. The first-order valence-corrected chi connectivity index (χ1v) is 9.77. The Morgan fingerprint density at radius 3 is 3.04 bits per heavy atom. The molecule has 0 unspecified atom stereocenters. The number of aryl methyl sites for hydroxylation is 1. The van der Waals surface area contributed by atoms with Crippen LogP contribution >= 0.6 is 23.1 Å². The molecule has 3 rings (SSSR count). The number of thioether (sulfide) groups is 1. The van der Waals surface area contributed by atoms with Crippen LogP contribution in [0.5, 0.6) is 0 Å². The molecule has 1 aliphatic rings. The van der Waals surface area contributed by atoms with Crippen molar-refractivity contribution in [2.24, 2.45) is 5.92 Å². The maximum Gasteiger partial charge on any atom is 0.257 e. The van der Waals surface area contributed by atoms with Gasteiger partial charge in [0, 0.05) is 20.6 Å². The molecule has 1 N–H and O–H groups in total. The van der Waals surface area contributed by atoms with E-state index in [4.69, 9.17) is 0 Å². The lowest BCUT2D eigenvalue weighted by atomic mass is 9.93. The van der Waals surface area contributed by atoms with Gasteiger partial charge in [-0.3, -0.25) is 10.1 Å². The second-order valence-corrected chi connectivity index (χ2v) is 9.12. The lowest BCUT2D eigenvalue weighted by Crippen LogP contribution is -2.12. The van der Waals surface area contributed by atoms with E-state index >= 15 is 0 Å². The van der Waals surface area contributed by atoms with Crippen molar-refractivity contribution in [3.8, 4) is 0 Å². The Labute approximate surface area is 145 Å². The van der Waals surface area contributed by atoms with Crippen LogP contribution in [0, 0.1) is 5.92 Å². The van der Waals surface area contributed by atoms with E-state index in [0.29, 0.717) is 10.8 Å². The molecule has 0 bridgehead atoms. The summed E-state index contributed by atoms with van der Waals surface area (Å²) in [5.41, 5.74) is 1.87. The average Bonchev–Trinajstić information content (AvgIpc) is 2.88. The first-order chi connectivity index (χ1) is 11.0. The lowest BCUT2D eigenvalue weighted by molar-refractivity contribution is 0.102. The van der Waals surface area contributed by atoms with Gasteiger partial charge in [-0.2, -0.15) is 0 Å². The number of hydrogen-bond acceptors (Lipinski definition) is 4. The van der Waals surface area contributed by atoms with Crippen molar-refractivity contribution in [2.75, 3.05) is 5.32 Å². The summed E-state index contributed by atoms with van der Waals surface area (Å²) in [5.74, 6) is 0.645. The highest BCUT2D eigenvalue weighted by Gasteiger charge is 2.20. The topological polar surface area (TPSA) is 42.0 Å². The van der Waals surface area contributed by atoms with Gasteiger partial charge >= 0.3 is 0 Å². The zero-order chi connectivity index (χ0) is 16.4. The van der Waals surface area contributed by atoms with Crippen molar-refractivity contribution in [1.29, 1.82) is 0 Å². The SMILES string of the molecule is CC(C)Sc1cccc(C(=O)Nc2nc3c(s2)C[C@@H](C)CC3)c1. The number of carbonyl (C=O) groups is 1. The molecular weight excluding hydrogens is 324 g/mol. The summed E-state index contributed by atoms with van der Waals surface area (Å²) in [6.45, 7) is 6.58. The van der Waals surface area contributed by atoms with Crippen LogP contribution in [0.15, 0.2) is 29.2 Å². The molecule has 0 saturated carbocycles. The van der Waals surface area contributed by atoms with E-state index in [0.717, 1.165) is 28.8 Å². The fourth-order valence-electron chi connectivity index (χ4n) is 2.75. The second-order valence-electron chi connectivity index (χ2n) is 6.39. The Morgan fingerprint density at radius 1 is 1.43 bits per heavy atom. The van der Waals surface area contributed by atoms with Crippen molar-refractivity contribution in [3.63, 3.8) is 0 Å². The Kier molecular flexibility index (Phi) is 5.07. The fraction of sp³-hybridized carbons (Fsp3) is 0.444. The molecule has 5 heteroatoms. The highest BCUT2D eigenvalue weighted by atomic mass is 32.2. The van der Waals surface area contributed by atoms with E-state index in [9.17, 15) is 4.79 Å². The van der Waals surface area contributed by atoms with E-state index < -0.39 is 0 Å². The van der Waals surface area contributed by atoms with Gasteiger partial charge in [0.1, 0.15) is 0 Å². The molecule has 0 fully saturated rings. The van der Waals surface area contributed by atoms with Crippen LogP contribution in [-0.2, 0) is 12.8 Å². The normalized spacial score (nSPS) is 17.1. The van der Waals surface area contributed by atoms with Crippen molar-refractivity contribution >= 4 is 34.1 Å². The second kappa shape index (κ2) is 7.05. The van der Waals surface area contributed by atoms with Gasteiger partial charge in [0.05, 0.1) is 5.69 Å². The van der Waals surface area contributed by atoms with Crippen LogP contribution < -0.4 is 5.32 Å². The van der Waals surface area contributed by atoms with Gasteiger partial charge in [-0.1, -0.05) is 26.8 Å². The highest BCUT2D eigenvalue weighted by molar-refractivity contribution is 7.99. The number of anilines is 1. The predicted molar refractivity (Wildman–Crippen MR) is 98.7 cm³/mol. The minimum atomic E-state index is -0.0737. The Hall–Kier alpha value is -1.33. The summed E-state index contributed by atoms with van der Waals surface area (Å²) in [6, 6.07) is 7.80. The number of rotatable bonds is 4. The summed E-state index contributed by atoms with van der Waals surface area (Å²) >= 11 is 3.39. The van der Waals surface area contributed by atoms with Crippen LogP contribution in [0.25, 0.3) is 0 Å². The third-order valence-electron chi connectivity index (χ3n) is 3.87. The molecule has 0 saturated heterocycles. The lowest BCUT2D eigenvalue weighted by Gasteiger charge is -2.15. The zero-order valence-electron chi connectivity index (χ0n) is 13.8. The van der Waals surface area contributed by atoms with Crippen molar-refractivity contribution in [1.82, 2.24) is 4.98 Å². The third-order valence-corrected chi connectivity index (χ3v) is 5.91. The van der Waals surface area contributed by atoms with Crippen LogP contribution in [-0.4, -0.2) is 16.1 Å². The summed E-state index contributed by atoms with van der Waals surface area (Å²) in [6.07, 6.45) is 3.31. The largest absolute Gasteiger partial charge is 0.298 e. The molecule has 0 spiro atoms. The number of aromatic nitrogens is 1. The number of nitrogens with one attached hydrogen (secondary N) is 1. The highest BCUT2D eigenvalue weighted by Crippen LogP contribution is 2.32. The van der Waals surface area contributed by atoms with Crippen LogP contribution in [0.2, 0.25) is 0 Å². The van der Waals surface area contributed by atoms with Crippen molar-refractivity contribution in [2.45, 2.75) is 50.2 Å². The number of nitrogens with zero attached hydrogens (tertiary/aromatic N) is 1. The van der Waals surface area contributed by atoms with E-state index in [-0.39, 0.29) is 5.91 Å². The first kappa shape index (κ1) is 16.5. The molecule has 3 nitrogen and oxygen atoms in total. The molecule has 2 aromatic rings. The fourth-order valence-corrected chi connectivity index (χ4v) is 4.81. The maximum absolute atomic E-state index is 12.5. The Morgan fingerprint density at radius 2 is 2.26 bits per heavy atom. The van der Waals surface area contributed by atoms with E-state index in [1.807, 2.05) is 24.3 Å². The van der Waals surface area contributed by atoms with Crippen LogP contribution in [0.4, 0.5) is 5.13 Å². The van der Waals surface area contributed by atoms with Gasteiger partial charge in [-0.25, -0.2) is 4.98 Å². The molecule has 1 aliphatic carbocycles. The monoisotopic (exact) mass is 346 g/mol. The summed E-state index contributed by atoms with van der Waals surface area (Å²) in [5, 5.41) is 4.20. The minimum Gasteiger partial charge on any atom is -0.298 e. The molecule has 1 amide bonds. The van der Waals surface area contributed by atoms with Crippen molar-refractivity contribution < 1.29 is 4.79 Å². The van der Waals surface area contributed by atoms with Gasteiger partial charge in [-0.15, -0.1) is 23.1 Å². The Bertz CT molecular complexity index is 709. The third kappa shape index (κ3) is 4.15. The van der Waals surface area contributed by atoms with Crippen LogP contribution in [0.1, 0.15) is 48.1 Å². The molecule has 23 heavy (non-hydrogen) atoms. The average molecular weight is 347 g/mol. The van der Waals surface area contributed by atoms with Gasteiger partial charge in [0.25, 0.3) is 5.91 Å². The minimum absolute atomic E-state index is 0.0737. The molecule has 0 aliphatic heterocycles. The van der Waals surface area contributed by atoms with Gasteiger partial charge < -0.3 is 0 Å². The van der Waals surface area contributed by atoms with Gasteiger partial charge in [0.2, 0.25) is 0 Å². The molecule has 0 radical (unpaired) electrons. The molecule has 1 heterocycles. The maximum atomic E-state index is 12.5. The Balaban J connectivity index is 1.72. The number of hydrogen-bond donors (Lipinski definition) is 1. The van der Waals surface area contributed by atoms with E-state index in [1.54, 1.807) is 23.1 Å². The predicted octanol–water partition coefficient (Wildman–Crippen LogP) is 5.02. The number of carbonyl (C=O) groups excluding carboxylic acids is 1. The summed E-state index contributed by atoms with van der Waals surface area (Å²) < 4.78 is 0. The number of amides is 1. The van der Waals surface area contributed by atoms with Crippen molar-refractivity contribution in [3.05, 3.63) is 40.4 Å². The number of benzene rings is 1. The number of fused-ring (bicyclic) bond motifs is 1. The summed E-state index contributed by atoms with van der Waals surface area (Å²) in [4.78, 5) is 19.5. The molecule has 1 aromatic heterocycles. The zero-order valence-corrected chi connectivity index (χ0v) is 15.4. The molecule has 1 atom stereocenters. The first-order valence-electron chi connectivity index (χ1n) is 8.08.